The van der Waals surface area contributed by atoms with Crippen LogP contribution in [0.15, 0.2) is 48.5 Å². The molecule has 0 nitrogen and oxygen atoms in total. The average molecular weight is 240 g/mol. The van der Waals surface area contributed by atoms with E-state index in [1.807, 2.05) is 13.8 Å². The van der Waals surface area contributed by atoms with E-state index >= 15 is 0 Å². The first-order valence-electron chi connectivity index (χ1n) is 7.03. The summed E-state index contributed by atoms with van der Waals surface area (Å²) in [6, 6.07) is 17.4. The Kier molecular flexibility index (Phi) is 6.21. The first kappa shape index (κ1) is 14.5. The Morgan fingerprint density at radius 3 is 1.28 bits per heavy atom. The molecule has 0 saturated heterocycles. The van der Waals surface area contributed by atoms with Gasteiger partial charge in [-0.1, -0.05) is 76.2 Å². The Morgan fingerprint density at radius 1 is 0.611 bits per heavy atom. The van der Waals surface area contributed by atoms with Crippen LogP contribution in [0, 0.1) is 0 Å². The van der Waals surface area contributed by atoms with Crippen LogP contribution >= 0.6 is 0 Å². The highest BCUT2D eigenvalue weighted by Gasteiger charge is 2.05. The van der Waals surface area contributed by atoms with Crippen LogP contribution in [0.2, 0.25) is 0 Å². The smallest absolute Gasteiger partial charge is 0.0149 e. The molecule has 0 aliphatic rings. The summed E-state index contributed by atoms with van der Waals surface area (Å²) in [6.45, 7) is 8.43. The normalized spacial score (nSPS) is 9.56. The van der Waals surface area contributed by atoms with Gasteiger partial charge in [-0.25, -0.2) is 0 Å². The van der Waals surface area contributed by atoms with Gasteiger partial charge in [-0.05, 0) is 35.1 Å². The van der Waals surface area contributed by atoms with Gasteiger partial charge < -0.3 is 0 Å². The summed E-state index contributed by atoms with van der Waals surface area (Å²) < 4.78 is 0. The van der Waals surface area contributed by atoms with Crippen molar-refractivity contribution in [3.63, 3.8) is 0 Å². The van der Waals surface area contributed by atoms with Gasteiger partial charge in [0.1, 0.15) is 0 Å². The Hall–Kier alpha value is -1.56. The molecule has 0 bridgehead atoms. The maximum Gasteiger partial charge on any atom is -0.0149 e. The molecule has 18 heavy (non-hydrogen) atoms. The van der Waals surface area contributed by atoms with Crippen LogP contribution in [-0.2, 0) is 12.8 Å². The van der Waals surface area contributed by atoms with Crippen LogP contribution in [0.3, 0.4) is 0 Å². The number of hydrogen-bond donors (Lipinski definition) is 0. The summed E-state index contributed by atoms with van der Waals surface area (Å²) in [5.74, 6) is 0. The van der Waals surface area contributed by atoms with Gasteiger partial charge in [-0.3, -0.25) is 0 Å². The molecular weight excluding hydrogens is 216 g/mol. The minimum atomic E-state index is 1.09. The second-order valence-corrected chi connectivity index (χ2v) is 4.02. The van der Waals surface area contributed by atoms with Crippen molar-refractivity contribution in [1.82, 2.24) is 0 Å². The average Bonchev–Trinajstić information content (AvgIpc) is 2.49. The van der Waals surface area contributed by atoms with Crippen LogP contribution in [-0.4, -0.2) is 0 Å². The molecule has 2 rings (SSSR count). The summed E-state index contributed by atoms with van der Waals surface area (Å²) in [5, 5.41) is 0. The minimum Gasteiger partial charge on any atom is -0.0683 e. The van der Waals surface area contributed by atoms with Gasteiger partial charge in [0.05, 0.1) is 0 Å². The molecule has 0 fully saturated rings. The summed E-state index contributed by atoms with van der Waals surface area (Å²) >= 11 is 0. The molecule has 0 unspecified atom stereocenters. The molecule has 96 valence electrons. The van der Waals surface area contributed by atoms with Crippen LogP contribution < -0.4 is 0 Å². The van der Waals surface area contributed by atoms with Crippen LogP contribution in [0.4, 0.5) is 0 Å². The predicted molar refractivity (Wildman–Crippen MR) is 82.0 cm³/mol. The molecule has 0 atom stereocenters. The van der Waals surface area contributed by atoms with Crippen molar-refractivity contribution < 1.29 is 0 Å². The van der Waals surface area contributed by atoms with Gasteiger partial charge in [-0.2, -0.15) is 0 Å². The lowest BCUT2D eigenvalue weighted by atomic mass is 9.93. The van der Waals surface area contributed by atoms with E-state index < -0.39 is 0 Å². The van der Waals surface area contributed by atoms with Crippen molar-refractivity contribution in [2.75, 3.05) is 0 Å². The molecule has 0 aromatic heterocycles. The third-order valence-corrected chi connectivity index (χ3v) is 3.09. The molecule has 0 radical (unpaired) electrons. The number of aryl methyl sites for hydroxylation is 2. The first-order valence-corrected chi connectivity index (χ1v) is 7.03. The lowest BCUT2D eigenvalue weighted by Crippen LogP contribution is -1.91. The predicted octanol–water partition coefficient (Wildman–Crippen LogP) is 5.50. The summed E-state index contributed by atoms with van der Waals surface area (Å²) in [7, 11) is 0. The van der Waals surface area contributed by atoms with Gasteiger partial charge in [0.2, 0.25) is 0 Å². The van der Waals surface area contributed by atoms with Crippen molar-refractivity contribution in [3.8, 4) is 11.1 Å². The third kappa shape index (κ3) is 3.22. The topological polar surface area (TPSA) is 0 Å². The lowest BCUT2D eigenvalue weighted by molar-refractivity contribution is 1.12. The standard InChI is InChI=1S/C16H18.C2H6/c1-3-13-9-5-7-11-15(13)16-12-8-6-10-14(16)4-2;1-2/h5-12H,3-4H2,1-2H3;1-2H3. The molecule has 0 N–H and O–H groups in total. The highest BCUT2D eigenvalue weighted by atomic mass is 14.1. The van der Waals surface area contributed by atoms with Gasteiger partial charge in [0.25, 0.3) is 0 Å². The molecule has 0 amide bonds. The summed E-state index contributed by atoms with van der Waals surface area (Å²) in [4.78, 5) is 0. The van der Waals surface area contributed by atoms with Crippen LogP contribution in [0.25, 0.3) is 11.1 Å². The molecule has 0 saturated carbocycles. The fourth-order valence-corrected chi connectivity index (χ4v) is 2.18. The van der Waals surface area contributed by atoms with E-state index in [0.717, 1.165) is 12.8 Å². The highest BCUT2D eigenvalue weighted by molar-refractivity contribution is 5.70. The summed E-state index contributed by atoms with van der Waals surface area (Å²) in [6.07, 6.45) is 2.18. The maximum atomic E-state index is 2.23. The fourth-order valence-electron chi connectivity index (χ4n) is 2.18. The van der Waals surface area contributed by atoms with Crippen molar-refractivity contribution in [2.24, 2.45) is 0 Å². The molecular formula is C18H24. The fraction of sp³-hybridized carbons (Fsp3) is 0.333. The van der Waals surface area contributed by atoms with E-state index in [0.29, 0.717) is 0 Å². The third-order valence-electron chi connectivity index (χ3n) is 3.09. The Balaban J connectivity index is 0.000000771. The van der Waals surface area contributed by atoms with Gasteiger partial charge >= 0.3 is 0 Å². The highest BCUT2D eigenvalue weighted by Crippen LogP contribution is 2.27. The zero-order valence-corrected chi connectivity index (χ0v) is 12.0. The number of hydrogen-bond acceptors (Lipinski definition) is 0. The molecule has 2 aromatic rings. The molecule has 0 aliphatic carbocycles. The van der Waals surface area contributed by atoms with E-state index in [4.69, 9.17) is 0 Å². The molecule has 0 aliphatic heterocycles. The first-order chi connectivity index (χ1) is 8.86. The van der Waals surface area contributed by atoms with E-state index in [9.17, 15) is 0 Å². The number of benzene rings is 2. The van der Waals surface area contributed by atoms with Gasteiger partial charge in [0.15, 0.2) is 0 Å². The second-order valence-electron chi connectivity index (χ2n) is 4.02. The minimum absolute atomic E-state index is 1.09. The molecule has 0 heteroatoms. The van der Waals surface area contributed by atoms with Crippen LogP contribution in [0.5, 0.6) is 0 Å². The Bertz CT molecular complexity index is 423. The molecule has 0 heterocycles. The van der Waals surface area contributed by atoms with Gasteiger partial charge in [-0.15, -0.1) is 0 Å². The SMILES string of the molecule is CC.CCc1ccccc1-c1ccccc1CC. The largest absolute Gasteiger partial charge is 0.0683 e. The van der Waals surface area contributed by atoms with E-state index in [1.165, 1.54) is 22.3 Å². The maximum absolute atomic E-state index is 2.23. The second kappa shape index (κ2) is 7.71. The van der Waals surface area contributed by atoms with E-state index in [1.54, 1.807) is 0 Å². The van der Waals surface area contributed by atoms with E-state index in [-0.39, 0.29) is 0 Å². The van der Waals surface area contributed by atoms with Crippen molar-refractivity contribution in [3.05, 3.63) is 59.7 Å². The lowest BCUT2D eigenvalue weighted by Gasteiger charge is -2.11. The quantitative estimate of drug-likeness (QED) is 0.664. The monoisotopic (exact) mass is 240 g/mol. The zero-order valence-electron chi connectivity index (χ0n) is 12.0. The van der Waals surface area contributed by atoms with Crippen LogP contribution in [0.1, 0.15) is 38.8 Å². The Labute approximate surface area is 112 Å². The Morgan fingerprint density at radius 2 is 0.944 bits per heavy atom. The van der Waals surface area contributed by atoms with Gasteiger partial charge in [0, 0.05) is 0 Å². The molecule has 0 spiro atoms. The van der Waals surface area contributed by atoms with Crippen molar-refractivity contribution in [2.45, 2.75) is 40.5 Å². The van der Waals surface area contributed by atoms with E-state index in [2.05, 4.69) is 62.4 Å². The molecule has 2 aromatic carbocycles. The number of rotatable bonds is 3. The van der Waals surface area contributed by atoms with Crippen molar-refractivity contribution in [1.29, 1.82) is 0 Å². The zero-order chi connectivity index (χ0) is 13.4. The summed E-state index contributed by atoms with van der Waals surface area (Å²) in [5.41, 5.74) is 5.65. The van der Waals surface area contributed by atoms with Crippen molar-refractivity contribution >= 4 is 0 Å².